The van der Waals surface area contributed by atoms with Crippen molar-refractivity contribution in [1.82, 2.24) is 4.68 Å². The molecule has 0 spiro atoms. The smallest absolute Gasteiger partial charge is 0.205 e. The molecule has 0 aliphatic rings. The molecule has 0 unspecified atom stereocenters. The highest BCUT2D eigenvalue weighted by Crippen LogP contribution is 2.21. The minimum atomic E-state index is 0.597. The molecule has 0 bridgehead atoms. The van der Waals surface area contributed by atoms with Crippen LogP contribution in [0.5, 0.6) is 5.75 Å². The molecule has 0 atom stereocenters. The highest BCUT2D eigenvalue weighted by Gasteiger charge is 2.03. The van der Waals surface area contributed by atoms with Gasteiger partial charge in [0.05, 0.1) is 32.2 Å². The maximum Gasteiger partial charge on any atom is 0.205 e. The first kappa shape index (κ1) is 16.9. The predicted octanol–water partition coefficient (Wildman–Crippen LogP) is 3.06. The van der Waals surface area contributed by atoms with E-state index < -0.39 is 0 Å². The molecule has 0 aliphatic carbocycles. The fourth-order valence-electron chi connectivity index (χ4n) is 1.79. The molecule has 5 nitrogen and oxygen atoms in total. The van der Waals surface area contributed by atoms with Gasteiger partial charge in [0.15, 0.2) is 0 Å². The third kappa shape index (κ3) is 4.28. The molecule has 7 heteroatoms. The lowest BCUT2D eigenvalue weighted by Gasteiger charge is -2.05. The van der Waals surface area contributed by atoms with Crippen molar-refractivity contribution in [2.75, 3.05) is 27.4 Å². The Morgan fingerprint density at radius 1 is 1.36 bits per heavy atom. The molecule has 118 valence electrons. The van der Waals surface area contributed by atoms with Gasteiger partial charge in [-0.1, -0.05) is 15.9 Å². The van der Waals surface area contributed by atoms with Crippen LogP contribution >= 0.6 is 27.3 Å². The zero-order valence-electron chi connectivity index (χ0n) is 12.7. The summed E-state index contributed by atoms with van der Waals surface area (Å²) >= 11 is 5.02. The molecule has 1 aromatic carbocycles. The quantitative estimate of drug-likeness (QED) is 0.568. The molecular weight excluding hydrogens is 366 g/mol. The first-order valence-corrected chi connectivity index (χ1v) is 8.37. The van der Waals surface area contributed by atoms with E-state index in [1.807, 2.05) is 35.2 Å². The molecule has 2 rings (SSSR count). The van der Waals surface area contributed by atoms with E-state index in [1.165, 1.54) is 0 Å². The van der Waals surface area contributed by atoms with Gasteiger partial charge in [-0.15, -0.1) is 11.3 Å². The molecule has 0 N–H and O–H groups in total. The Morgan fingerprint density at radius 2 is 2.18 bits per heavy atom. The number of aromatic nitrogens is 1. The molecular formula is C15H18BrN3O2S. The Hall–Kier alpha value is -1.44. The number of nitrogens with zero attached hydrogens (tertiary/aromatic N) is 3. The number of hydrogen-bond donors (Lipinski definition) is 0. The predicted molar refractivity (Wildman–Crippen MR) is 93.0 cm³/mol. The van der Waals surface area contributed by atoms with Crippen molar-refractivity contribution in [2.45, 2.75) is 6.92 Å². The summed E-state index contributed by atoms with van der Waals surface area (Å²) in [5, 5.41) is 6.56. The summed E-state index contributed by atoms with van der Waals surface area (Å²) in [7, 11) is 3.32. The van der Waals surface area contributed by atoms with E-state index >= 15 is 0 Å². The molecule has 2 aromatic rings. The van der Waals surface area contributed by atoms with E-state index in [1.54, 1.807) is 31.8 Å². The number of ether oxygens (including phenoxy) is 2. The fourth-order valence-corrected chi connectivity index (χ4v) is 3.00. The Bertz CT molecular complexity index is 722. The van der Waals surface area contributed by atoms with Crippen molar-refractivity contribution < 1.29 is 9.47 Å². The lowest BCUT2D eigenvalue weighted by atomic mass is 10.2. The summed E-state index contributed by atoms with van der Waals surface area (Å²) in [6, 6.07) is 5.80. The zero-order valence-corrected chi connectivity index (χ0v) is 15.1. The highest BCUT2D eigenvalue weighted by molar-refractivity contribution is 9.10. The second kappa shape index (κ2) is 8.26. The molecule has 1 aromatic heterocycles. The van der Waals surface area contributed by atoms with Gasteiger partial charge in [-0.05, 0) is 25.1 Å². The van der Waals surface area contributed by atoms with Crippen LogP contribution in [0.25, 0.3) is 0 Å². The summed E-state index contributed by atoms with van der Waals surface area (Å²) in [5.41, 5.74) is 1.93. The van der Waals surface area contributed by atoms with Gasteiger partial charge >= 0.3 is 0 Å². The summed E-state index contributed by atoms with van der Waals surface area (Å²) in [6.07, 6.45) is 1.78. The lowest BCUT2D eigenvalue weighted by molar-refractivity contribution is 0.207. The molecule has 1 heterocycles. The van der Waals surface area contributed by atoms with Crippen LogP contribution in [-0.2, 0) is 4.74 Å². The number of benzene rings is 1. The molecule has 0 aliphatic heterocycles. The first-order valence-electron chi connectivity index (χ1n) is 6.70. The van der Waals surface area contributed by atoms with Gasteiger partial charge < -0.3 is 9.47 Å². The van der Waals surface area contributed by atoms with Crippen molar-refractivity contribution in [3.05, 3.63) is 44.1 Å². The minimum Gasteiger partial charge on any atom is -0.496 e. The zero-order chi connectivity index (χ0) is 15.9. The van der Waals surface area contributed by atoms with E-state index in [9.17, 15) is 0 Å². The van der Waals surface area contributed by atoms with Crippen LogP contribution in [0.15, 0.2) is 38.1 Å². The number of halogens is 1. The van der Waals surface area contributed by atoms with Crippen molar-refractivity contribution in [1.29, 1.82) is 0 Å². The maximum atomic E-state index is 5.35. The van der Waals surface area contributed by atoms with Crippen molar-refractivity contribution in [3.63, 3.8) is 0 Å². The second-order valence-electron chi connectivity index (χ2n) is 4.48. The Kier molecular flexibility index (Phi) is 6.35. The van der Waals surface area contributed by atoms with E-state index in [4.69, 9.17) is 9.47 Å². The Balaban J connectivity index is 2.33. The SMILES string of the molecule is COCCN=c1scc(C)n1N=Cc1cc(Br)ccc1OC. The van der Waals surface area contributed by atoms with Crippen LogP contribution in [0, 0.1) is 6.92 Å². The van der Waals surface area contributed by atoms with Crippen LogP contribution in [0.3, 0.4) is 0 Å². The molecule has 0 fully saturated rings. The van der Waals surface area contributed by atoms with E-state index in [-0.39, 0.29) is 0 Å². The minimum absolute atomic E-state index is 0.597. The van der Waals surface area contributed by atoms with Gasteiger partial charge in [0.25, 0.3) is 0 Å². The van der Waals surface area contributed by atoms with Crippen molar-refractivity contribution in [2.24, 2.45) is 10.1 Å². The van der Waals surface area contributed by atoms with E-state index in [0.29, 0.717) is 13.2 Å². The van der Waals surface area contributed by atoms with Crippen LogP contribution in [0.2, 0.25) is 0 Å². The third-order valence-corrected chi connectivity index (χ3v) is 4.36. The average molecular weight is 384 g/mol. The fraction of sp³-hybridized carbons (Fsp3) is 0.333. The lowest BCUT2D eigenvalue weighted by Crippen LogP contribution is -2.13. The van der Waals surface area contributed by atoms with Gasteiger partial charge in [-0.2, -0.15) is 5.10 Å². The maximum absolute atomic E-state index is 5.35. The molecule has 0 radical (unpaired) electrons. The summed E-state index contributed by atoms with van der Waals surface area (Å²) in [6.45, 7) is 3.22. The Morgan fingerprint density at radius 3 is 2.91 bits per heavy atom. The number of methoxy groups -OCH3 is 2. The topological polar surface area (TPSA) is 48.1 Å². The van der Waals surface area contributed by atoms with Crippen LogP contribution in [-0.4, -0.2) is 38.3 Å². The number of thiazole rings is 1. The molecule has 22 heavy (non-hydrogen) atoms. The average Bonchev–Trinajstić information content (AvgIpc) is 2.86. The number of hydrogen-bond acceptors (Lipinski definition) is 5. The van der Waals surface area contributed by atoms with E-state index in [0.717, 1.165) is 26.3 Å². The van der Waals surface area contributed by atoms with Crippen molar-refractivity contribution in [3.8, 4) is 5.75 Å². The summed E-state index contributed by atoms with van der Waals surface area (Å²) in [4.78, 5) is 5.34. The summed E-state index contributed by atoms with van der Waals surface area (Å²) in [5.74, 6) is 0.776. The van der Waals surface area contributed by atoms with Gasteiger partial charge in [-0.25, -0.2) is 4.68 Å². The second-order valence-corrected chi connectivity index (χ2v) is 6.23. The van der Waals surface area contributed by atoms with Gasteiger partial charge in [-0.3, -0.25) is 4.99 Å². The van der Waals surface area contributed by atoms with Crippen LogP contribution < -0.4 is 9.54 Å². The van der Waals surface area contributed by atoms with Crippen LogP contribution in [0.4, 0.5) is 0 Å². The normalized spacial score (nSPS) is 12.3. The van der Waals surface area contributed by atoms with Crippen LogP contribution in [0.1, 0.15) is 11.3 Å². The van der Waals surface area contributed by atoms with Crippen molar-refractivity contribution >= 4 is 33.5 Å². The molecule has 0 saturated carbocycles. The number of aryl methyl sites for hydroxylation is 1. The number of rotatable bonds is 6. The summed E-state index contributed by atoms with van der Waals surface area (Å²) < 4.78 is 13.2. The van der Waals surface area contributed by atoms with Gasteiger partial charge in [0.1, 0.15) is 5.75 Å². The Labute approximate surface area is 142 Å². The van der Waals surface area contributed by atoms with E-state index in [2.05, 4.69) is 26.0 Å². The van der Waals surface area contributed by atoms with Gasteiger partial charge in [0, 0.05) is 22.5 Å². The largest absolute Gasteiger partial charge is 0.496 e. The monoisotopic (exact) mass is 383 g/mol. The first-order chi connectivity index (χ1) is 10.7. The third-order valence-electron chi connectivity index (χ3n) is 2.90. The highest BCUT2D eigenvalue weighted by atomic mass is 79.9. The molecule has 0 saturated heterocycles. The standard InChI is InChI=1S/C15H18BrN3O2S/c1-11-10-22-15(17-6-7-20-2)19(11)18-9-12-8-13(16)4-5-14(12)21-3/h4-5,8-10H,6-7H2,1-3H3. The molecule has 0 amide bonds. The van der Waals surface area contributed by atoms with Gasteiger partial charge in [0.2, 0.25) is 4.80 Å².